The Bertz CT molecular complexity index is 473. The highest BCUT2D eigenvalue weighted by molar-refractivity contribution is 9.10. The number of hydrogen-bond acceptors (Lipinski definition) is 3. The van der Waals surface area contributed by atoms with Crippen LogP contribution in [0.1, 0.15) is 11.6 Å². The molecule has 0 unspecified atom stereocenters. The number of rotatable bonds is 4. The Labute approximate surface area is 142 Å². The Morgan fingerprint density at radius 2 is 2.00 bits per heavy atom. The molecule has 1 aromatic carbocycles. The molecule has 0 saturated carbocycles. The molecule has 1 aliphatic heterocycles. The van der Waals surface area contributed by atoms with Crippen LogP contribution in [0.5, 0.6) is 0 Å². The molecule has 21 heavy (non-hydrogen) atoms. The second-order valence-electron chi connectivity index (χ2n) is 4.77. The van der Waals surface area contributed by atoms with E-state index in [0.29, 0.717) is 36.2 Å². The van der Waals surface area contributed by atoms with Gasteiger partial charge < -0.3 is 10.4 Å². The maximum Gasteiger partial charge on any atom is 0.289 e. The lowest BCUT2D eigenvalue weighted by Crippen LogP contribution is -2.51. The predicted molar refractivity (Wildman–Crippen MR) is 85.6 cm³/mol. The third-order valence-corrected chi connectivity index (χ3v) is 4.22. The smallest absolute Gasteiger partial charge is 0.289 e. The number of hydrogen-bond donors (Lipinski definition) is 2. The number of aliphatic hydroxyl groups is 1. The maximum atomic E-state index is 14.2. The summed E-state index contributed by atoms with van der Waals surface area (Å²) in [4.78, 5) is 1.67. The van der Waals surface area contributed by atoms with Crippen LogP contribution in [0.3, 0.4) is 0 Å². The molecule has 1 aliphatic rings. The zero-order chi connectivity index (χ0) is 14.8. The van der Waals surface area contributed by atoms with Gasteiger partial charge in [0.25, 0.3) is 5.92 Å². The van der Waals surface area contributed by atoms with Gasteiger partial charge in [-0.3, -0.25) is 4.90 Å². The molecule has 0 amide bonds. The molecule has 1 saturated heterocycles. The van der Waals surface area contributed by atoms with E-state index in [9.17, 15) is 8.78 Å². The molecule has 0 aromatic heterocycles. The zero-order valence-electron chi connectivity index (χ0n) is 11.2. The second-order valence-corrected chi connectivity index (χ2v) is 6.10. The summed E-state index contributed by atoms with van der Waals surface area (Å²) in [5, 5.41) is 12.5. The zero-order valence-corrected chi connectivity index (χ0v) is 14.3. The van der Waals surface area contributed by atoms with E-state index in [1.165, 1.54) is 0 Å². The van der Waals surface area contributed by atoms with Gasteiger partial charge in [0.05, 0.1) is 0 Å². The summed E-state index contributed by atoms with van der Waals surface area (Å²) in [6, 6.07) is 3.67. The molecule has 0 radical (unpaired) electrons. The fourth-order valence-electron chi connectivity index (χ4n) is 2.44. The Morgan fingerprint density at radius 3 is 2.57 bits per heavy atom. The van der Waals surface area contributed by atoms with Crippen molar-refractivity contribution in [1.29, 1.82) is 0 Å². The van der Waals surface area contributed by atoms with Crippen LogP contribution in [-0.4, -0.2) is 48.7 Å². The summed E-state index contributed by atoms with van der Waals surface area (Å²) in [6.45, 7) is 1.06. The van der Waals surface area contributed by atoms with Crippen LogP contribution in [0, 0.1) is 0 Å². The SMILES string of the molecule is Cl.OCC(F)(F)[C@@H](c1cc(Br)ccc1Cl)N1CCNCC1. The number of nitrogens with one attached hydrogen (secondary N) is 1. The predicted octanol–water partition coefficient (Wildman–Crippen LogP) is 3.10. The first-order valence-electron chi connectivity index (χ1n) is 6.34. The minimum Gasteiger partial charge on any atom is -0.390 e. The van der Waals surface area contributed by atoms with Crippen LogP contribution in [0.4, 0.5) is 8.78 Å². The van der Waals surface area contributed by atoms with Crippen molar-refractivity contribution in [1.82, 2.24) is 10.2 Å². The summed E-state index contributed by atoms with van der Waals surface area (Å²) >= 11 is 9.38. The van der Waals surface area contributed by atoms with Gasteiger partial charge in [0.2, 0.25) is 0 Å². The van der Waals surface area contributed by atoms with Crippen LogP contribution in [0.15, 0.2) is 22.7 Å². The van der Waals surface area contributed by atoms with Gasteiger partial charge in [-0.1, -0.05) is 27.5 Å². The molecule has 120 valence electrons. The van der Waals surface area contributed by atoms with E-state index in [0.717, 1.165) is 0 Å². The standard InChI is InChI=1S/C13H16BrClF2N2O.ClH/c14-9-1-2-11(15)10(7-9)12(13(16,17)8-20)19-5-3-18-4-6-19;/h1-2,7,12,18,20H,3-6,8H2;1H/t12-;/m1./s1. The molecular weight excluding hydrogens is 389 g/mol. The fraction of sp³-hybridized carbons (Fsp3) is 0.538. The number of benzene rings is 1. The van der Waals surface area contributed by atoms with Gasteiger partial charge in [-0.25, -0.2) is 8.78 Å². The van der Waals surface area contributed by atoms with Crippen molar-refractivity contribution >= 4 is 39.9 Å². The van der Waals surface area contributed by atoms with Crippen molar-refractivity contribution in [2.45, 2.75) is 12.0 Å². The normalized spacial score (nSPS) is 18.1. The monoisotopic (exact) mass is 404 g/mol. The number of halogens is 5. The summed E-state index contributed by atoms with van der Waals surface area (Å²) in [5.74, 6) is -3.25. The first-order valence-corrected chi connectivity index (χ1v) is 7.51. The molecule has 0 aliphatic carbocycles. The topological polar surface area (TPSA) is 35.5 Å². The average Bonchev–Trinajstić information content (AvgIpc) is 2.44. The van der Waals surface area contributed by atoms with Gasteiger partial charge in [-0.15, -0.1) is 12.4 Å². The fourth-order valence-corrected chi connectivity index (χ4v) is 3.04. The minimum absolute atomic E-state index is 0. The summed E-state index contributed by atoms with van der Waals surface area (Å²) in [5.41, 5.74) is 0.335. The largest absolute Gasteiger partial charge is 0.390 e. The van der Waals surface area contributed by atoms with Crippen LogP contribution < -0.4 is 5.32 Å². The maximum absolute atomic E-state index is 14.2. The second kappa shape index (κ2) is 8.04. The highest BCUT2D eigenvalue weighted by Gasteiger charge is 2.44. The quantitative estimate of drug-likeness (QED) is 0.807. The van der Waals surface area contributed by atoms with Gasteiger partial charge in [0, 0.05) is 35.7 Å². The van der Waals surface area contributed by atoms with E-state index in [-0.39, 0.29) is 17.4 Å². The van der Waals surface area contributed by atoms with Crippen molar-refractivity contribution in [3.63, 3.8) is 0 Å². The van der Waals surface area contributed by atoms with Crippen LogP contribution in [0.2, 0.25) is 5.02 Å². The van der Waals surface area contributed by atoms with Crippen molar-refractivity contribution < 1.29 is 13.9 Å². The van der Waals surface area contributed by atoms with E-state index in [2.05, 4.69) is 21.2 Å². The van der Waals surface area contributed by atoms with E-state index < -0.39 is 18.6 Å². The molecular formula is C13H17BrCl2F2N2O. The highest BCUT2D eigenvalue weighted by Crippen LogP contribution is 2.40. The summed E-state index contributed by atoms with van der Waals surface area (Å²) in [6.07, 6.45) is 0. The lowest BCUT2D eigenvalue weighted by molar-refractivity contribution is -0.118. The Balaban J connectivity index is 0.00000220. The Morgan fingerprint density at radius 1 is 1.38 bits per heavy atom. The third-order valence-electron chi connectivity index (χ3n) is 3.38. The van der Waals surface area contributed by atoms with E-state index in [4.69, 9.17) is 16.7 Å². The lowest BCUT2D eigenvalue weighted by Gasteiger charge is -2.39. The number of piperazine rings is 1. The first-order chi connectivity index (χ1) is 9.45. The van der Waals surface area contributed by atoms with Crippen LogP contribution in [0.25, 0.3) is 0 Å². The molecule has 8 heteroatoms. The molecule has 1 aromatic rings. The van der Waals surface area contributed by atoms with E-state index >= 15 is 0 Å². The number of nitrogens with zero attached hydrogens (tertiary/aromatic N) is 1. The molecule has 2 N–H and O–H groups in total. The van der Waals surface area contributed by atoms with Gasteiger partial charge >= 0.3 is 0 Å². The Hall–Kier alpha value is 0.0200. The lowest BCUT2D eigenvalue weighted by atomic mass is 9.98. The van der Waals surface area contributed by atoms with E-state index in [1.54, 1.807) is 23.1 Å². The van der Waals surface area contributed by atoms with Crippen molar-refractivity contribution in [2.75, 3.05) is 32.8 Å². The van der Waals surface area contributed by atoms with Gasteiger partial charge in [0.15, 0.2) is 0 Å². The molecule has 1 atom stereocenters. The van der Waals surface area contributed by atoms with Gasteiger partial charge in [0.1, 0.15) is 12.6 Å². The highest BCUT2D eigenvalue weighted by atomic mass is 79.9. The molecule has 1 fully saturated rings. The number of aliphatic hydroxyl groups excluding tert-OH is 1. The summed E-state index contributed by atoms with van der Waals surface area (Å²) < 4.78 is 29.1. The third kappa shape index (κ3) is 4.50. The van der Waals surface area contributed by atoms with Gasteiger partial charge in [-0.05, 0) is 23.8 Å². The van der Waals surface area contributed by atoms with Crippen LogP contribution in [-0.2, 0) is 0 Å². The minimum atomic E-state index is -3.25. The molecule has 1 heterocycles. The molecule has 0 spiro atoms. The molecule has 3 nitrogen and oxygen atoms in total. The van der Waals surface area contributed by atoms with Crippen molar-refractivity contribution in [3.8, 4) is 0 Å². The Kier molecular flexibility index (Phi) is 7.30. The van der Waals surface area contributed by atoms with Gasteiger partial charge in [-0.2, -0.15) is 0 Å². The van der Waals surface area contributed by atoms with Crippen molar-refractivity contribution in [2.24, 2.45) is 0 Å². The first kappa shape index (κ1) is 19.1. The van der Waals surface area contributed by atoms with Crippen molar-refractivity contribution in [3.05, 3.63) is 33.3 Å². The average molecular weight is 406 g/mol. The molecule has 0 bridgehead atoms. The van der Waals surface area contributed by atoms with E-state index in [1.807, 2.05) is 0 Å². The van der Waals surface area contributed by atoms with Crippen LogP contribution >= 0.6 is 39.9 Å². The number of alkyl halides is 2. The molecule has 2 rings (SSSR count). The summed E-state index contributed by atoms with van der Waals surface area (Å²) in [7, 11) is 0.